The van der Waals surface area contributed by atoms with Gasteiger partial charge in [-0.2, -0.15) is 8.42 Å². The highest BCUT2D eigenvalue weighted by Crippen LogP contribution is 2.09. The first kappa shape index (κ1) is 9.24. The third kappa shape index (κ3) is 1.84. The van der Waals surface area contributed by atoms with Gasteiger partial charge in [0.25, 0.3) is 15.7 Å². The first-order valence-corrected chi connectivity index (χ1v) is 4.59. The Labute approximate surface area is 72.7 Å². The summed E-state index contributed by atoms with van der Waals surface area (Å²) in [5.74, 6) is 0. The predicted molar refractivity (Wildman–Crippen MR) is 41.9 cm³/mol. The van der Waals surface area contributed by atoms with E-state index in [0.29, 0.717) is 0 Å². The minimum absolute atomic E-state index is 0.287. The topological polar surface area (TPSA) is 87.2 Å². The average Bonchev–Trinajstić information content (AvgIpc) is 1.92. The first-order valence-electron chi connectivity index (χ1n) is 2.77. The van der Waals surface area contributed by atoms with Gasteiger partial charge in [0.1, 0.15) is 9.92 Å². The Kier molecular flexibility index (Phi) is 2.22. The molecule has 0 saturated carbocycles. The Morgan fingerprint density at radius 2 is 2.08 bits per heavy atom. The standard InChI is InChI=1S/C5H4ClNO4S/c6-4-1-3(12(9,10)11)2-7-5(4)8/h1-2H,(H,7,8)(H,9,10,11). The van der Waals surface area contributed by atoms with E-state index in [1.165, 1.54) is 0 Å². The summed E-state index contributed by atoms with van der Waals surface area (Å²) < 4.78 is 29.4. The van der Waals surface area contributed by atoms with Crippen LogP contribution in [0.25, 0.3) is 0 Å². The van der Waals surface area contributed by atoms with E-state index in [-0.39, 0.29) is 5.02 Å². The third-order valence-corrected chi connectivity index (χ3v) is 2.24. The molecule has 7 heteroatoms. The van der Waals surface area contributed by atoms with Crippen molar-refractivity contribution in [1.29, 1.82) is 0 Å². The molecule has 0 aliphatic heterocycles. The molecule has 1 aromatic rings. The molecule has 0 atom stereocenters. The molecule has 0 aromatic carbocycles. The van der Waals surface area contributed by atoms with Crippen LogP contribution in [0.1, 0.15) is 0 Å². The molecule has 2 N–H and O–H groups in total. The van der Waals surface area contributed by atoms with Crippen molar-refractivity contribution in [1.82, 2.24) is 4.98 Å². The second kappa shape index (κ2) is 2.89. The van der Waals surface area contributed by atoms with Gasteiger partial charge in [-0.15, -0.1) is 0 Å². The quantitative estimate of drug-likeness (QED) is 0.650. The van der Waals surface area contributed by atoms with Crippen LogP contribution in [0.3, 0.4) is 0 Å². The summed E-state index contributed by atoms with van der Waals surface area (Å²) in [6.45, 7) is 0. The van der Waals surface area contributed by atoms with Crippen LogP contribution in [-0.2, 0) is 10.1 Å². The normalized spacial score (nSPS) is 11.5. The molecule has 1 aromatic heterocycles. The van der Waals surface area contributed by atoms with Crippen LogP contribution in [-0.4, -0.2) is 18.0 Å². The Hall–Kier alpha value is -0.850. The highest BCUT2D eigenvalue weighted by Gasteiger charge is 2.10. The number of aromatic nitrogens is 1. The van der Waals surface area contributed by atoms with E-state index >= 15 is 0 Å². The maximum absolute atomic E-state index is 10.6. The number of hydrogen-bond donors (Lipinski definition) is 2. The van der Waals surface area contributed by atoms with Crippen LogP contribution in [0.2, 0.25) is 5.02 Å². The molecule has 12 heavy (non-hydrogen) atoms. The van der Waals surface area contributed by atoms with Crippen LogP contribution in [0, 0.1) is 0 Å². The highest BCUT2D eigenvalue weighted by molar-refractivity contribution is 7.85. The van der Waals surface area contributed by atoms with E-state index in [2.05, 4.69) is 0 Å². The lowest BCUT2D eigenvalue weighted by atomic mass is 10.5. The highest BCUT2D eigenvalue weighted by atomic mass is 35.5. The van der Waals surface area contributed by atoms with Gasteiger partial charge < -0.3 is 4.98 Å². The Balaban J connectivity index is 3.43. The van der Waals surface area contributed by atoms with Crippen molar-refractivity contribution in [2.45, 2.75) is 4.90 Å². The van der Waals surface area contributed by atoms with Crippen molar-refractivity contribution in [2.75, 3.05) is 0 Å². The molecule has 0 unspecified atom stereocenters. The van der Waals surface area contributed by atoms with Crippen molar-refractivity contribution < 1.29 is 13.0 Å². The Morgan fingerprint density at radius 3 is 2.50 bits per heavy atom. The summed E-state index contributed by atoms with van der Waals surface area (Å²) in [5.41, 5.74) is -0.607. The summed E-state index contributed by atoms with van der Waals surface area (Å²) in [6.07, 6.45) is 0.865. The van der Waals surface area contributed by atoms with Gasteiger partial charge in [0.05, 0.1) is 0 Å². The zero-order valence-electron chi connectivity index (χ0n) is 5.61. The number of aromatic amines is 1. The summed E-state index contributed by atoms with van der Waals surface area (Å²) in [6, 6.07) is 0.871. The summed E-state index contributed by atoms with van der Waals surface area (Å²) >= 11 is 5.30. The monoisotopic (exact) mass is 209 g/mol. The maximum Gasteiger partial charge on any atom is 0.296 e. The molecule has 5 nitrogen and oxygen atoms in total. The minimum atomic E-state index is -4.30. The zero-order valence-corrected chi connectivity index (χ0v) is 7.19. The largest absolute Gasteiger partial charge is 0.326 e. The number of pyridine rings is 1. The molecule has 0 aliphatic carbocycles. The molecule has 0 spiro atoms. The van der Waals surface area contributed by atoms with Crippen LogP contribution >= 0.6 is 11.6 Å². The van der Waals surface area contributed by atoms with E-state index in [4.69, 9.17) is 16.2 Å². The van der Waals surface area contributed by atoms with Gasteiger partial charge in [0.2, 0.25) is 0 Å². The summed E-state index contributed by atoms with van der Waals surface area (Å²) in [5, 5.41) is -0.287. The van der Waals surface area contributed by atoms with E-state index < -0.39 is 20.6 Å². The molecule has 0 radical (unpaired) electrons. The third-order valence-electron chi connectivity index (χ3n) is 1.13. The smallest absolute Gasteiger partial charge is 0.296 e. The number of halogens is 1. The fourth-order valence-electron chi connectivity index (χ4n) is 0.587. The van der Waals surface area contributed by atoms with Gasteiger partial charge in [-0.3, -0.25) is 9.35 Å². The van der Waals surface area contributed by atoms with Crippen molar-refractivity contribution in [3.63, 3.8) is 0 Å². The van der Waals surface area contributed by atoms with Crippen molar-refractivity contribution in [3.8, 4) is 0 Å². The average molecular weight is 210 g/mol. The molecular formula is C5H4ClNO4S. The minimum Gasteiger partial charge on any atom is -0.326 e. The van der Waals surface area contributed by atoms with E-state index in [0.717, 1.165) is 12.3 Å². The number of H-pyrrole nitrogens is 1. The van der Waals surface area contributed by atoms with Gasteiger partial charge in [-0.1, -0.05) is 11.6 Å². The van der Waals surface area contributed by atoms with Gasteiger partial charge >= 0.3 is 0 Å². The second-order valence-electron chi connectivity index (χ2n) is 1.99. The Morgan fingerprint density at radius 1 is 1.50 bits per heavy atom. The lowest BCUT2D eigenvalue weighted by Crippen LogP contribution is -2.08. The van der Waals surface area contributed by atoms with Crippen molar-refractivity contribution in [2.24, 2.45) is 0 Å². The van der Waals surface area contributed by atoms with Crippen molar-refractivity contribution in [3.05, 3.63) is 27.6 Å². The second-order valence-corrected chi connectivity index (χ2v) is 3.82. The molecular weight excluding hydrogens is 206 g/mol. The van der Waals surface area contributed by atoms with Gasteiger partial charge in [-0.05, 0) is 6.07 Å². The number of nitrogens with one attached hydrogen (secondary N) is 1. The van der Waals surface area contributed by atoms with Gasteiger partial charge in [-0.25, -0.2) is 0 Å². The SMILES string of the molecule is O=c1[nH]cc(S(=O)(=O)O)cc1Cl. The molecule has 0 saturated heterocycles. The summed E-state index contributed by atoms with van der Waals surface area (Å²) in [4.78, 5) is 12.2. The number of rotatable bonds is 1. The van der Waals surface area contributed by atoms with Crippen LogP contribution in [0.4, 0.5) is 0 Å². The fourth-order valence-corrected chi connectivity index (χ4v) is 1.30. The molecule has 0 fully saturated rings. The van der Waals surface area contributed by atoms with E-state index in [1.807, 2.05) is 4.98 Å². The molecule has 0 amide bonds. The van der Waals surface area contributed by atoms with E-state index in [1.54, 1.807) is 0 Å². The molecule has 0 aliphatic rings. The maximum atomic E-state index is 10.6. The van der Waals surface area contributed by atoms with E-state index in [9.17, 15) is 13.2 Å². The molecule has 1 rings (SSSR count). The fraction of sp³-hybridized carbons (Fsp3) is 0. The van der Waals surface area contributed by atoms with Gasteiger partial charge in [0.15, 0.2) is 0 Å². The van der Waals surface area contributed by atoms with Crippen LogP contribution in [0.15, 0.2) is 22.0 Å². The van der Waals surface area contributed by atoms with Gasteiger partial charge in [0, 0.05) is 6.20 Å². The lowest BCUT2D eigenvalue weighted by molar-refractivity contribution is 0.482. The first-order chi connectivity index (χ1) is 5.41. The van der Waals surface area contributed by atoms with Crippen LogP contribution < -0.4 is 5.56 Å². The van der Waals surface area contributed by atoms with Crippen molar-refractivity contribution >= 4 is 21.7 Å². The molecule has 1 heterocycles. The lowest BCUT2D eigenvalue weighted by Gasteiger charge is -1.95. The zero-order chi connectivity index (χ0) is 9.35. The number of hydrogen-bond acceptors (Lipinski definition) is 3. The molecule has 0 bridgehead atoms. The predicted octanol–water partition coefficient (Wildman–Crippen LogP) is 0.275. The summed E-state index contributed by atoms with van der Waals surface area (Å²) in [7, 11) is -4.30. The van der Waals surface area contributed by atoms with Crippen LogP contribution in [0.5, 0.6) is 0 Å². The molecule has 66 valence electrons. The Bertz CT molecular complexity index is 449.